The van der Waals surface area contributed by atoms with Gasteiger partial charge < -0.3 is 10.6 Å². The Bertz CT molecular complexity index is 1550. The average Bonchev–Trinajstić information content (AvgIpc) is 3.12. The van der Waals surface area contributed by atoms with Crippen LogP contribution in [0.25, 0.3) is 16.7 Å². The number of hydrogen-bond acceptors (Lipinski definition) is 5. The number of carbonyl (C=O) groups is 2. The van der Waals surface area contributed by atoms with Gasteiger partial charge in [-0.1, -0.05) is 19.1 Å². The third-order valence-electron chi connectivity index (χ3n) is 5.74. The van der Waals surface area contributed by atoms with Crippen molar-refractivity contribution in [3.63, 3.8) is 0 Å². The van der Waals surface area contributed by atoms with Gasteiger partial charge in [-0.25, -0.2) is 13.9 Å². The van der Waals surface area contributed by atoms with E-state index in [1.807, 2.05) is 39.0 Å². The molecule has 4 rings (SSSR count). The summed E-state index contributed by atoms with van der Waals surface area (Å²) in [6, 6.07) is 11.8. The summed E-state index contributed by atoms with van der Waals surface area (Å²) in [6.45, 7) is 5.43. The van der Waals surface area contributed by atoms with Crippen LogP contribution in [0, 0.1) is 6.92 Å². The topological polar surface area (TPSA) is 120 Å². The van der Waals surface area contributed by atoms with Gasteiger partial charge in [-0.15, -0.1) is 5.10 Å². The average molecular weight is 463 g/mol. The van der Waals surface area contributed by atoms with Crippen LogP contribution in [0.1, 0.15) is 36.2 Å². The Morgan fingerprint density at radius 3 is 2.59 bits per heavy atom. The number of fused-ring (bicyclic) bond motifs is 3. The van der Waals surface area contributed by atoms with Crippen molar-refractivity contribution >= 4 is 34.2 Å². The van der Waals surface area contributed by atoms with Gasteiger partial charge >= 0.3 is 5.69 Å². The first-order valence-electron chi connectivity index (χ1n) is 11.0. The summed E-state index contributed by atoms with van der Waals surface area (Å²) in [5, 5.41) is 10.1. The minimum Gasteiger partial charge on any atom is -0.350 e. The Morgan fingerprint density at radius 1 is 1.12 bits per heavy atom. The lowest BCUT2D eigenvalue weighted by molar-refractivity contribution is -0.117. The van der Waals surface area contributed by atoms with E-state index in [9.17, 15) is 19.2 Å². The Hall–Kier alpha value is -4.21. The van der Waals surface area contributed by atoms with Crippen molar-refractivity contribution in [1.82, 2.24) is 24.1 Å². The van der Waals surface area contributed by atoms with Crippen molar-refractivity contribution in [3.05, 3.63) is 74.4 Å². The van der Waals surface area contributed by atoms with Crippen molar-refractivity contribution < 1.29 is 9.59 Å². The highest BCUT2D eigenvalue weighted by Gasteiger charge is 2.19. The number of carbonyl (C=O) groups excluding carboxylic acids is 2. The second-order valence-corrected chi connectivity index (χ2v) is 8.37. The molecule has 1 atom stereocenters. The molecule has 0 aliphatic carbocycles. The van der Waals surface area contributed by atoms with E-state index in [0.717, 1.165) is 16.7 Å². The van der Waals surface area contributed by atoms with Crippen molar-refractivity contribution in [3.8, 4) is 0 Å². The molecule has 0 aliphatic rings. The Morgan fingerprint density at radius 2 is 1.88 bits per heavy atom. The maximum Gasteiger partial charge on any atom is 0.352 e. The van der Waals surface area contributed by atoms with E-state index >= 15 is 0 Å². The third-order valence-corrected chi connectivity index (χ3v) is 5.74. The molecule has 10 nitrogen and oxygen atoms in total. The lowest BCUT2D eigenvalue weighted by Crippen LogP contribution is -2.32. The van der Waals surface area contributed by atoms with E-state index < -0.39 is 11.6 Å². The molecule has 0 radical (unpaired) electrons. The number of anilines is 1. The number of aromatic nitrogens is 4. The summed E-state index contributed by atoms with van der Waals surface area (Å²) in [6.07, 6.45) is 0.765. The summed E-state index contributed by atoms with van der Waals surface area (Å²) in [7, 11) is 1.50. The molecule has 2 N–H and O–H groups in total. The Balaban J connectivity index is 1.77. The van der Waals surface area contributed by atoms with Gasteiger partial charge in [0.05, 0.1) is 10.9 Å². The Kier molecular flexibility index (Phi) is 6.06. The fourth-order valence-electron chi connectivity index (χ4n) is 3.71. The van der Waals surface area contributed by atoms with E-state index in [4.69, 9.17) is 0 Å². The molecule has 10 heteroatoms. The summed E-state index contributed by atoms with van der Waals surface area (Å²) in [5.74, 6) is -0.660. The molecule has 0 saturated heterocycles. The first kappa shape index (κ1) is 23.0. The minimum absolute atomic E-state index is 0.0238. The normalized spacial score (nSPS) is 12.1. The number of nitrogens with one attached hydrogen (secondary N) is 2. The molecule has 0 aliphatic heterocycles. The van der Waals surface area contributed by atoms with Gasteiger partial charge in [0.15, 0.2) is 0 Å². The van der Waals surface area contributed by atoms with Crippen LogP contribution in [0.4, 0.5) is 5.69 Å². The largest absolute Gasteiger partial charge is 0.352 e. The highest BCUT2D eigenvalue weighted by molar-refractivity contribution is 5.98. The molecule has 0 fully saturated rings. The standard InChI is InChI=1S/C24H26N6O4/c1-5-15(3)25-21(32)16-9-10-18-19(12-16)30-23(28(4)22(18)33)27-29(24(30)34)13-20(31)26-17-8-6-7-14(2)11-17/h6-12,15H,5,13H2,1-4H3,(H,25,32)(H,26,31). The van der Waals surface area contributed by atoms with Crippen LogP contribution in [-0.4, -0.2) is 36.6 Å². The van der Waals surface area contributed by atoms with Gasteiger partial charge in [0.1, 0.15) is 6.54 Å². The number of nitrogens with zero attached hydrogens (tertiary/aromatic N) is 4. The molecule has 176 valence electrons. The van der Waals surface area contributed by atoms with Crippen LogP contribution in [-0.2, 0) is 18.4 Å². The first-order chi connectivity index (χ1) is 16.2. The summed E-state index contributed by atoms with van der Waals surface area (Å²) >= 11 is 0. The van der Waals surface area contributed by atoms with E-state index in [0.29, 0.717) is 11.3 Å². The van der Waals surface area contributed by atoms with E-state index in [2.05, 4.69) is 15.7 Å². The third kappa shape index (κ3) is 4.21. The van der Waals surface area contributed by atoms with E-state index in [1.165, 1.54) is 28.1 Å². The number of hydrogen-bond donors (Lipinski definition) is 2. The maximum absolute atomic E-state index is 13.2. The van der Waals surface area contributed by atoms with Gasteiger partial charge in [-0.2, -0.15) is 0 Å². The molecule has 2 aromatic carbocycles. The molecule has 34 heavy (non-hydrogen) atoms. The highest BCUT2D eigenvalue weighted by atomic mass is 16.2. The van der Waals surface area contributed by atoms with Crippen molar-refractivity contribution in [2.24, 2.45) is 7.05 Å². The molecular formula is C24H26N6O4. The zero-order valence-corrected chi connectivity index (χ0v) is 19.5. The second kappa shape index (κ2) is 8.97. The van der Waals surface area contributed by atoms with Gasteiger partial charge in [0.25, 0.3) is 11.5 Å². The number of amides is 2. The first-order valence-corrected chi connectivity index (χ1v) is 11.0. The zero-order chi connectivity index (χ0) is 24.6. The summed E-state index contributed by atoms with van der Waals surface area (Å²) in [5.41, 5.74) is 1.21. The van der Waals surface area contributed by atoms with Gasteiger partial charge in [-0.3, -0.25) is 19.0 Å². The zero-order valence-electron chi connectivity index (χ0n) is 19.5. The van der Waals surface area contributed by atoms with E-state index in [1.54, 1.807) is 12.1 Å². The lowest BCUT2D eigenvalue weighted by Gasteiger charge is -2.12. The molecule has 0 bridgehead atoms. The molecule has 4 aromatic rings. The predicted octanol–water partition coefficient (Wildman–Crippen LogP) is 1.82. The minimum atomic E-state index is -0.588. The summed E-state index contributed by atoms with van der Waals surface area (Å²) in [4.78, 5) is 51.3. The predicted molar refractivity (Wildman–Crippen MR) is 129 cm³/mol. The van der Waals surface area contributed by atoms with E-state index in [-0.39, 0.29) is 40.7 Å². The number of aryl methyl sites for hydroxylation is 2. The quantitative estimate of drug-likeness (QED) is 0.453. The van der Waals surface area contributed by atoms with Gasteiger partial charge in [-0.05, 0) is 56.2 Å². The molecule has 0 saturated carbocycles. The molecule has 1 unspecified atom stereocenters. The van der Waals surface area contributed by atoms with Crippen LogP contribution in [0.2, 0.25) is 0 Å². The van der Waals surface area contributed by atoms with Crippen LogP contribution >= 0.6 is 0 Å². The van der Waals surface area contributed by atoms with Crippen molar-refractivity contribution in [2.75, 3.05) is 5.32 Å². The van der Waals surface area contributed by atoms with Gasteiger partial charge in [0, 0.05) is 24.3 Å². The lowest BCUT2D eigenvalue weighted by atomic mass is 10.1. The molecule has 0 spiro atoms. The van der Waals surface area contributed by atoms with Crippen molar-refractivity contribution in [1.29, 1.82) is 0 Å². The molecule has 2 amide bonds. The monoisotopic (exact) mass is 462 g/mol. The number of benzene rings is 2. The number of rotatable bonds is 6. The second-order valence-electron chi connectivity index (χ2n) is 8.37. The summed E-state index contributed by atoms with van der Waals surface area (Å²) < 4.78 is 3.50. The fraction of sp³-hybridized carbons (Fsp3) is 0.292. The fourth-order valence-corrected chi connectivity index (χ4v) is 3.71. The Labute approximate surface area is 194 Å². The SMILES string of the molecule is CCC(C)NC(=O)c1ccc2c(=O)n(C)c3nn(CC(=O)Nc4cccc(C)c4)c(=O)n3c2c1. The smallest absolute Gasteiger partial charge is 0.350 e. The van der Waals surface area contributed by atoms with Crippen molar-refractivity contribution in [2.45, 2.75) is 39.8 Å². The maximum atomic E-state index is 13.2. The highest BCUT2D eigenvalue weighted by Crippen LogP contribution is 2.14. The van der Waals surface area contributed by atoms with Gasteiger partial charge in [0.2, 0.25) is 11.7 Å². The van der Waals surface area contributed by atoms with Crippen LogP contribution < -0.4 is 21.9 Å². The van der Waals surface area contributed by atoms with Crippen LogP contribution in [0.3, 0.4) is 0 Å². The molecule has 2 heterocycles. The van der Waals surface area contributed by atoms with Crippen LogP contribution in [0.15, 0.2) is 52.1 Å². The van der Waals surface area contributed by atoms with Crippen LogP contribution in [0.5, 0.6) is 0 Å². The molecule has 2 aromatic heterocycles. The molecular weight excluding hydrogens is 436 g/mol.